The third-order valence-corrected chi connectivity index (χ3v) is 3.68. The molecule has 2 atom stereocenters. The lowest BCUT2D eigenvalue weighted by atomic mass is 10.2. The second kappa shape index (κ2) is 5.19. The minimum atomic E-state index is 0.0195. The number of amides is 1. The summed E-state index contributed by atoms with van der Waals surface area (Å²) in [7, 11) is 0. The summed E-state index contributed by atoms with van der Waals surface area (Å²) in [6.45, 7) is 2.16. The summed E-state index contributed by atoms with van der Waals surface area (Å²) < 4.78 is 5.75. The van der Waals surface area contributed by atoms with Crippen LogP contribution >= 0.6 is 0 Å². The molecule has 2 saturated heterocycles. The van der Waals surface area contributed by atoms with Crippen LogP contribution in [0.2, 0.25) is 0 Å². The first-order valence-electron chi connectivity index (χ1n) is 6.72. The van der Waals surface area contributed by atoms with Gasteiger partial charge in [-0.1, -0.05) is 0 Å². The van der Waals surface area contributed by atoms with E-state index in [-0.39, 0.29) is 5.91 Å². The average molecular weight is 261 g/mol. The highest BCUT2D eigenvalue weighted by molar-refractivity contribution is 5.92. The number of carbonyl (C=O) groups is 1. The van der Waals surface area contributed by atoms with Crippen molar-refractivity contribution in [1.29, 1.82) is 0 Å². The van der Waals surface area contributed by atoms with Crippen LogP contribution in [0.5, 0.6) is 0 Å². The monoisotopic (exact) mass is 261 g/mol. The largest absolute Gasteiger partial charge is 0.399 e. The molecule has 2 aliphatic heterocycles. The van der Waals surface area contributed by atoms with E-state index in [0.717, 1.165) is 31.6 Å². The van der Waals surface area contributed by atoms with Gasteiger partial charge in [-0.15, -0.1) is 0 Å². The topological polar surface area (TPSA) is 67.6 Å². The minimum Gasteiger partial charge on any atom is -0.399 e. The number of nitrogens with one attached hydrogen (secondary N) is 1. The molecule has 1 aromatic rings. The van der Waals surface area contributed by atoms with Crippen LogP contribution in [-0.2, 0) is 9.53 Å². The molecule has 2 heterocycles. The third-order valence-electron chi connectivity index (χ3n) is 3.68. The Hall–Kier alpha value is -1.59. The number of hydrogen-bond donors (Lipinski definition) is 2. The maximum atomic E-state index is 12.0. The number of rotatable bonds is 3. The van der Waals surface area contributed by atoms with Crippen LogP contribution in [0.4, 0.5) is 11.4 Å². The van der Waals surface area contributed by atoms with Crippen LogP contribution in [0.25, 0.3) is 0 Å². The van der Waals surface area contributed by atoms with Crippen LogP contribution < -0.4 is 11.1 Å². The molecule has 3 rings (SSSR count). The smallest absolute Gasteiger partial charge is 0.238 e. The van der Waals surface area contributed by atoms with Gasteiger partial charge in [-0.3, -0.25) is 9.69 Å². The Kier molecular flexibility index (Phi) is 3.40. The van der Waals surface area contributed by atoms with Gasteiger partial charge < -0.3 is 15.8 Å². The zero-order chi connectivity index (χ0) is 13.2. The molecule has 3 N–H and O–H groups in total. The molecule has 1 aromatic carbocycles. The van der Waals surface area contributed by atoms with E-state index in [1.54, 1.807) is 12.1 Å². The summed E-state index contributed by atoms with van der Waals surface area (Å²) in [6, 6.07) is 7.20. The Morgan fingerprint density at radius 3 is 2.53 bits per heavy atom. The van der Waals surface area contributed by atoms with Gasteiger partial charge in [0.2, 0.25) is 5.91 Å². The molecular formula is C14H19N3O2. The number of carbonyl (C=O) groups excluding carboxylic acids is 1. The van der Waals surface area contributed by atoms with E-state index in [1.165, 1.54) is 0 Å². The first-order valence-corrected chi connectivity index (χ1v) is 6.72. The van der Waals surface area contributed by atoms with Crippen molar-refractivity contribution < 1.29 is 9.53 Å². The first-order chi connectivity index (χ1) is 9.19. The van der Waals surface area contributed by atoms with E-state index in [2.05, 4.69) is 10.2 Å². The van der Waals surface area contributed by atoms with E-state index in [1.807, 2.05) is 12.1 Å². The molecule has 102 valence electrons. The molecule has 5 heteroatoms. The highest BCUT2D eigenvalue weighted by Gasteiger charge is 2.34. The number of hydrogen-bond acceptors (Lipinski definition) is 4. The van der Waals surface area contributed by atoms with Crippen LogP contribution in [0.3, 0.4) is 0 Å². The minimum absolute atomic E-state index is 0.0195. The number of benzene rings is 1. The number of anilines is 2. The molecule has 5 nitrogen and oxygen atoms in total. The highest BCUT2D eigenvalue weighted by atomic mass is 16.5. The van der Waals surface area contributed by atoms with Gasteiger partial charge in [0, 0.05) is 24.5 Å². The molecule has 0 saturated carbocycles. The van der Waals surface area contributed by atoms with Gasteiger partial charge in [0.05, 0.1) is 18.8 Å². The predicted molar refractivity (Wildman–Crippen MR) is 73.8 cm³/mol. The molecule has 0 aliphatic carbocycles. The standard InChI is InChI=1S/C14H19N3O2/c15-10-1-3-11(4-2-10)16-14(18)9-17-7-12-5-6-13(8-17)19-12/h1-4,12-13H,5-9,15H2,(H,16,18). The van der Waals surface area contributed by atoms with E-state index in [0.29, 0.717) is 24.4 Å². The molecule has 0 radical (unpaired) electrons. The summed E-state index contributed by atoms with van der Waals surface area (Å²) in [4.78, 5) is 14.2. The highest BCUT2D eigenvalue weighted by Crippen LogP contribution is 2.25. The summed E-state index contributed by atoms with van der Waals surface area (Å²) >= 11 is 0. The maximum absolute atomic E-state index is 12.0. The second-order valence-electron chi connectivity index (χ2n) is 5.32. The Morgan fingerprint density at radius 2 is 1.89 bits per heavy atom. The molecule has 1 amide bonds. The number of fused-ring (bicyclic) bond motifs is 2. The molecule has 2 fully saturated rings. The molecule has 2 aliphatic rings. The Balaban J connectivity index is 1.52. The zero-order valence-corrected chi connectivity index (χ0v) is 10.8. The van der Waals surface area contributed by atoms with Crippen LogP contribution in [-0.4, -0.2) is 42.6 Å². The van der Waals surface area contributed by atoms with Crippen LogP contribution in [0.1, 0.15) is 12.8 Å². The van der Waals surface area contributed by atoms with Crippen molar-refractivity contribution >= 4 is 17.3 Å². The summed E-state index contributed by atoms with van der Waals surface area (Å²) in [6.07, 6.45) is 2.90. The summed E-state index contributed by atoms with van der Waals surface area (Å²) in [5, 5.41) is 2.89. The molecule has 2 bridgehead atoms. The van der Waals surface area contributed by atoms with Crippen molar-refractivity contribution in [2.45, 2.75) is 25.0 Å². The van der Waals surface area contributed by atoms with Gasteiger partial charge in [-0.2, -0.15) is 0 Å². The summed E-state index contributed by atoms with van der Waals surface area (Å²) in [5.74, 6) is 0.0195. The van der Waals surface area contributed by atoms with Gasteiger partial charge in [-0.05, 0) is 37.1 Å². The number of nitrogens with zero attached hydrogens (tertiary/aromatic N) is 1. The van der Waals surface area contributed by atoms with E-state index >= 15 is 0 Å². The molecule has 0 aromatic heterocycles. The first kappa shape index (κ1) is 12.4. The van der Waals surface area contributed by atoms with Crippen LogP contribution in [0.15, 0.2) is 24.3 Å². The normalized spacial score (nSPS) is 26.3. The average Bonchev–Trinajstić information content (AvgIpc) is 2.72. The fourth-order valence-corrected chi connectivity index (χ4v) is 2.80. The molecule has 19 heavy (non-hydrogen) atoms. The maximum Gasteiger partial charge on any atom is 0.238 e. The van der Waals surface area contributed by atoms with Crippen molar-refractivity contribution in [3.8, 4) is 0 Å². The van der Waals surface area contributed by atoms with E-state index < -0.39 is 0 Å². The predicted octanol–water partition coefficient (Wildman–Crippen LogP) is 1.07. The van der Waals surface area contributed by atoms with E-state index in [9.17, 15) is 4.79 Å². The molecule has 2 unspecified atom stereocenters. The Bertz CT molecular complexity index is 448. The van der Waals surface area contributed by atoms with Gasteiger partial charge in [-0.25, -0.2) is 0 Å². The Morgan fingerprint density at radius 1 is 1.26 bits per heavy atom. The van der Waals surface area contributed by atoms with Crippen molar-refractivity contribution in [3.63, 3.8) is 0 Å². The van der Waals surface area contributed by atoms with Crippen LogP contribution in [0, 0.1) is 0 Å². The van der Waals surface area contributed by atoms with Crippen molar-refractivity contribution in [2.75, 3.05) is 30.7 Å². The second-order valence-corrected chi connectivity index (χ2v) is 5.32. The van der Waals surface area contributed by atoms with Crippen molar-refractivity contribution in [2.24, 2.45) is 0 Å². The quantitative estimate of drug-likeness (QED) is 0.799. The van der Waals surface area contributed by atoms with E-state index in [4.69, 9.17) is 10.5 Å². The van der Waals surface area contributed by atoms with Gasteiger partial charge >= 0.3 is 0 Å². The van der Waals surface area contributed by atoms with Gasteiger partial charge in [0.1, 0.15) is 0 Å². The SMILES string of the molecule is Nc1ccc(NC(=O)CN2CC3CCC(C2)O3)cc1. The number of nitrogens with two attached hydrogens (primary N) is 1. The summed E-state index contributed by atoms with van der Waals surface area (Å²) in [5.41, 5.74) is 7.09. The Labute approximate surface area is 112 Å². The number of morpholine rings is 1. The zero-order valence-electron chi connectivity index (χ0n) is 10.8. The van der Waals surface area contributed by atoms with Crippen molar-refractivity contribution in [3.05, 3.63) is 24.3 Å². The number of nitrogen functional groups attached to an aromatic ring is 1. The lowest BCUT2D eigenvalue weighted by molar-refractivity contribution is -0.119. The van der Waals surface area contributed by atoms with Gasteiger partial charge in [0.25, 0.3) is 0 Å². The third kappa shape index (κ3) is 3.05. The van der Waals surface area contributed by atoms with Crippen molar-refractivity contribution in [1.82, 2.24) is 4.90 Å². The molecular weight excluding hydrogens is 242 g/mol. The fourth-order valence-electron chi connectivity index (χ4n) is 2.80. The number of ether oxygens (including phenoxy) is 1. The molecule has 0 spiro atoms. The lowest BCUT2D eigenvalue weighted by Gasteiger charge is -2.31. The number of likely N-dealkylation sites (tertiary alicyclic amines) is 1. The fraction of sp³-hybridized carbons (Fsp3) is 0.500. The lowest BCUT2D eigenvalue weighted by Crippen LogP contribution is -2.45. The van der Waals surface area contributed by atoms with Gasteiger partial charge in [0.15, 0.2) is 0 Å².